The van der Waals surface area contributed by atoms with Gasteiger partial charge in [0.05, 0.1) is 19.1 Å². The fraction of sp³-hybridized carbons (Fsp3) is 0.333. The molecule has 0 atom stereocenters. The lowest BCUT2D eigenvalue weighted by molar-refractivity contribution is -0.139. The van der Waals surface area contributed by atoms with E-state index in [-0.39, 0.29) is 16.6 Å². The van der Waals surface area contributed by atoms with E-state index in [4.69, 9.17) is 0 Å². The van der Waals surface area contributed by atoms with Gasteiger partial charge in [0, 0.05) is 0 Å². The van der Waals surface area contributed by atoms with E-state index in [1.165, 1.54) is 13.2 Å². The summed E-state index contributed by atoms with van der Waals surface area (Å²) in [6, 6.07) is 1.22. The first-order valence-corrected chi connectivity index (χ1v) is 5.74. The quantitative estimate of drug-likeness (QED) is 0.615. The number of alkyl halides is 2. The molecule has 0 aliphatic rings. The molecule has 0 amide bonds. The normalized spacial score (nSPS) is 10.6. The zero-order valence-electron chi connectivity index (χ0n) is 8.14. The predicted octanol–water partition coefficient (Wildman–Crippen LogP) is 3.26. The number of aromatic nitrogens is 1. The number of hydrogen-bond donors (Lipinski definition) is 0. The summed E-state index contributed by atoms with van der Waals surface area (Å²) >= 11 is 6.02. The van der Waals surface area contributed by atoms with Crippen LogP contribution in [0.4, 0.5) is 8.78 Å². The summed E-state index contributed by atoms with van der Waals surface area (Å²) in [6.45, 7) is 0. The van der Waals surface area contributed by atoms with Gasteiger partial charge >= 0.3 is 5.97 Å². The van der Waals surface area contributed by atoms with Crippen LogP contribution in [0, 0.1) is 0 Å². The monoisotopic (exact) mass is 357 g/mol. The van der Waals surface area contributed by atoms with Crippen molar-refractivity contribution in [2.24, 2.45) is 0 Å². The number of rotatable bonds is 3. The lowest BCUT2D eigenvalue weighted by atomic mass is 10.1. The Morgan fingerprint density at radius 2 is 2.12 bits per heavy atom. The molecule has 0 fully saturated rings. The van der Waals surface area contributed by atoms with Crippen LogP contribution < -0.4 is 0 Å². The molecule has 0 saturated carbocycles. The smallest absolute Gasteiger partial charge is 0.310 e. The van der Waals surface area contributed by atoms with Crippen LogP contribution in [0.2, 0.25) is 0 Å². The minimum Gasteiger partial charge on any atom is -0.469 e. The fourth-order valence-electron chi connectivity index (χ4n) is 1.03. The zero-order valence-corrected chi connectivity index (χ0v) is 11.3. The number of carbonyl (C=O) groups is 1. The summed E-state index contributed by atoms with van der Waals surface area (Å²) in [5, 5.41) is 0. The summed E-state index contributed by atoms with van der Waals surface area (Å²) < 4.78 is 30.0. The number of pyridine rings is 1. The van der Waals surface area contributed by atoms with Gasteiger partial charge in [-0.3, -0.25) is 4.79 Å². The average Bonchev–Trinajstić information content (AvgIpc) is 2.21. The van der Waals surface area contributed by atoms with Gasteiger partial charge in [-0.1, -0.05) is 0 Å². The molecule has 3 nitrogen and oxygen atoms in total. The van der Waals surface area contributed by atoms with Crippen LogP contribution in [-0.2, 0) is 16.0 Å². The van der Waals surface area contributed by atoms with Crippen LogP contribution in [0.3, 0.4) is 0 Å². The number of carbonyl (C=O) groups excluding carboxylic acids is 1. The van der Waals surface area contributed by atoms with Crippen LogP contribution in [0.1, 0.15) is 17.6 Å². The molecule has 0 unspecified atom stereocenters. The van der Waals surface area contributed by atoms with E-state index >= 15 is 0 Å². The summed E-state index contributed by atoms with van der Waals surface area (Å²) in [5.41, 5.74) is 0.118. The third-order valence-electron chi connectivity index (χ3n) is 1.83. The van der Waals surface area contributed by atoms with Gasteiger partial charge in [-0.25, -0.2) is 13.8 Å². The molecule has 1 aromatic heterocycles. The van der Waals surface area contributed by atoms with Crippen LogP contribution >= 0.6 is 31.9 Å². The van der Waals surface area contributed by atoms with Gasteiger partial charge in [0.2, 0.25) is 0 Å². The first kappa shape index (κ1) is 13.5. The van der Waals surface area contributed by atoms with Gasteiger partial charge in [0.15, 0.2) is 0 Å². The lowest BCUT2D eigenvalue weighted by Gasteiger charge is -2.08. The molecular weight excluding hydrogens is 352 g/mol. The third-order valence-corrected chi connectivity index (χ3v) is 3.15. The van der Waals surface area contributed by atoms with Gasteiger partial charge in [0.1, 0.15) is 9.21 Å². The minimum atomic E-state index is -2.65. The Bertz CT molecular complexity index is 413. The maximum atomic E-state index is 12.6. The first-order valence-electron chi connectivity index (χ1n) is 4.15. The van der Waals surface area contributed by atoms with E-state index in [0.29, 0.717) is 10.2 Å². The molecule has 16 heavy (non-hydrogen) atoms. The van der Waals surface area contributed by atoms with Crippen molar-refractivity contribution in [3.63, 3.8) is 0 Å². The lowest BCUT2D eigenvalue weighted by Crippen LogP contribution is -2.07. The summed E-state index contributed by atoms with van der Waals surface area (Å²) in [5.74, 6) is -0.509. The number of ether oxygens (including phenoxy) is 1. The highest BCUT2D eigenvalue weighted by Gasteiger charge is 2.17. The Balaban J connectivity index is 3.09. The van der Waals surface area contributed by atoms with Crippen LogP contribution in [0.25, 0.3) is 0 Å². The molecule has 7 heteroatoms. The molecular formula is C9H7Br2F2NO2. The predicted molar refractivity (Wildman–Crippen MR) is 60.3 cm³/mol. The SMILES string of the molecule is COC(=O)Cc1cc(C(F)F)c(Br)nc1Br. The second kappa shape index (κ2) is 5.67. The number of methoxy groups -OCH3 is 1. The molecule has 0 saturated heterocycles. The molecule has 1 rings (SSSR count). The van der Waals surface area contributed by atoms with Crippen LogP contribution in [0.5, 0.6) is 0 Å². The molecule has 0 bridgehead atoms. The molecule has 1 aromatic rings. The Morgan fingerprint density at radius 3 is 2.62 bits per heavy atom. The van der Waals surface area contributed by atoms with Crippen molar-refractivity contribution in [3.8, 4) is 0 Å². The maximum absolute atomic E-state index is 12.6. The number of esters is 1. The van der Waals surface area contributed by atoms with E-state index in [0.717, 1.165) is 0 Å². The topological polar surface area (TPSA) is 39.2 Å². The van der Waals surface area contributed by atoms with E-state index in [9.17, 15) is 13.6 Å². The number of nitrogens with zero attached hydrogens (tertiary/aromatic N) is 1. The van der Waals surface area contributed by atoms with Crippen molar-refractivity contribution in [1.82, 2.24) is 4.98 Å². The second-order valence-corrected chi connectivity index (χ2v) is 4.37. The van der Waals surface area contributed by atoms with Gasteiger partial charge in [-0.05, 0) is 43.5 Å². The largest absolute Gasteiger partial charge is 0.469 e. The van der Waals surface area contributed by atoms with Crippen molar-refractivity contribution in [3.05, 3.63) is 26.4 Å². The van der Waals surface area contributed by atoms with E-state index in [1.54, 1.807) is 0 Å². The molecule has 0 spiro atoms. The van der Waals surface area contributed by atoms with Gasteiger partial charge in [-0.15, -0.1) is 0 Å². The minimum absolute atomic E-state index is 0.0583. The van der Waals surface area contributed by atoms with E-state index in [2.05, 4.69) is 41.6 Å². The Kier molecular flexibility index (Phi) is 4.79. The van der Waals surface area contributed by atoms with Gasteiger partial charge in [0.25, 0.3) is 6.43 Å². The second-order valence-electron chi connectivity index (χ2n) is 2.87. The summed E-state index contributed by atoms with van der Waals surface area (Å²) in [7, 11) is 1.23. The molecule has 0 radical (unpaired) electrons. The molecule has 0 aliphatic heterocycles. The van der Waals surface area contributed by atoms with Crippen LogP contribution in [0.15, 0.2) is 15.3 Å². The molecule has 1 heterocycles. The van der Waals surface area contributed by atoms with Gasteiger partial charge in [-0.2, -0.15) is 0 Å². The molecule has 0 N–H and O–H groups in total. The summed E-state index contributed by atoms with van der Waals surface area (Å²) in [4.78, 5) is 14.9. The molecule has 88 valence electrons. The van der Waals surface area contributed by atoms with Crippen molar-refractivity contribution < 1.29 is 18.3 Å². The van der Waals surface area contributed by atoms with Crippen molar-refractivity contribution in [2.45, 2.75) is 12.8 Å². The van der Waals surface area contributed by atoms with E-state index < -0.39 is 12.4 Å². The van der Waals surface area contributed by atoms with Gasteiger partial charge < -0.3 is 4.74 Å². The highest BCUT2D eigenvalue weighted by molar-refractivity contribution is 9.11. The molecule has 0 aliphatic carbocycles. The zero-order chi connectivity index (χ0) is 12.3. The van der Waals surface area contributed by atoms with Crippen molar-refractivity contribution in [2.75, 3.05) is 7.11 Å². The molecule has 0 aromatic carbocycles. The van der Waals surface area contributed by atoms with Crippen LogP contribution in [-0.4, -0.2) is 18.1 Å². The highest BCUT2D eigenvalue weighted by atomic mass is 79.9. The Hall–Kier alpha value is -0.560. The van der Waals surface area contributed by atoms with Crippen molar-refractivity contribution >= 4 is 37.8 Å². The number of hydrogen-bond acceptors (Lipinski definition) is 3. The Labute approximate surface area is 107 Å². The maximum Gasteiger partial charge on any atom is 0.310 e. The van der Waals surface area contributed by atoms with E-state index in [1.807, 2.05) is 0 Å². The highest BCUT2D eigenvalue weighted by Crippen LogP contribution is 2.30. The first-order chi connectivity index (χ1) is 7.45. The average molecular weight is 359 g/mol. The summed E-state index contributed by atoms with van der Waals surface area (Å²) in [6.07, 6.45) is -2.75. The third kappa shape index (κ3) is 3.21. The fourth-order valence-corrected chi connectivity index (χ4v) is 2.17. The standard InChI is InChI=1S/C9H7Br2F2NO2/c1-16-6(15)3-4-2-5(9(12)13)8(11)14-7(4)10/h2,9H,3H2,1H3. The van der Waals surface area contributed by atoms with Crippen molar-refractivity contribution in [1.29, 1.82) is 0 Å². The Morgan fingerprint density at radius 1 is 1.50 bits per heavy atom. The number of halogens is 4.